The smallest absolute Gasteiger partial charge is 0.0868 e. The highest BCUT2D eigenvalue weighted by Gasteiger charge is 2.25. The summed E-state index contributed by atoms with van der Waals surface area (Å²) in [6.07, 6.45) is 5.84. The Morgan fingerprint density at radius 2 is 2.27 bits per heavy atom. The molecule has 1 fully saturated rings. The maximum absolute atomic E-state index is 8.76. The highest BCUT2D eigenvalue weighted by molar-refractivity contribution is 5.12. The molecule has 2 rings (SSSR count). The fourth-order valence-corrected chi connectivity index (χ4v) is 1.08. The lowest BCUT2D eigenvalue weighted by Gasteiger charge is -1.97. The van der Waals surface area contributed by atoms with E-state index in [0.29, 0.717) is 11.6 Å². The minimum absolute atomic E-state index is 0.00639. The molecule has 1 aliphatic carbocycles. The second kappa shape index (κ2) is 2.58. The van der Waals surface area contributed by atoms with Crippen LogP contribution in [0.4, 0.5) is 0 Å². The van der Waals surface area contributed by atoms with Gasteiger partial charge in [0.25, 0.3) is 0 Å². The maximum Gasteiger partial charge on any atom is 0.0868 e. The molecule has 1 heterocycles. The molecule has 1 N–H and O–H groups in total. The van der Waals surface area contributed by atoms with Crippen molar-refractivity contribution in [3.63, 3.8) is 0 Å². The van der Waals surface area contributed by atoms with Crippen LogP contribution in [0.5, 0.6) is 0 Å². The van der Waals surface area contributed by atoms with Gasteiger partial charge in [-0.05, 0) is 12.8 Å². The molecule has 0 radical (unpaired) electrons. The first-order valence-corrected chi connectivity index (χ1v) is 3.82. The lowest BCUT2D eigenvalue weighted by atomic mass is 10.3. The van der Waals surface area contributed by atoms with E-state index in [1.165, 1.54) is 12.8 Å². The van der Waals surface area contributed by atoms with Crippen molar-refractivity contribution in [1.29, 1.82) is 0 Å². The number of aromatic nitrogens is 2. The Bertz CT molecular complexity index is 258. The largest absolute Gasteiger partial charge is 0.390 e. The number of hydrogen-bond acceptors (Lipinski definition) is 3. The van der Waals surface area contributed by atoms with Crippen molar-refractivity contribution in [3.05, 3.63) is 23.8 Å². The SMILES string of the molecule is OCc1cncc(C2CC2)n1. The molecule has 0 aliphatic heterocycles. The summed E-state index contributed by atoms with van der Waals surface area (Å²) < 4.78 is 0. The fourth-order valence-electron chi connectivity index (χ4n) is 1.08. The third kappa shape index (κ3) is 1.38. The van der Waals surface area contributed by atoms with Crippen LogP contribution in [0.3, 0.4) is 0 Å². The molecule has 58 valence electrons. The zero-order valence-corrected chi connectivity index (χ0v) is 6.20. The second-order valence-corrected chi connectivity index (χ2v) is 2.87. The van der Waals surface area contributed by atoms with E-state index < -0.39 is 0 Å². The van der Waals surface area contributed by atoms with Gasteiger partial charge in [-0.2, -0.15) is 0 Å². The van der Waals surface area contributed by atoms with Crippen molar-refractivity contribution in [2.75, 3.05) is 0 Å². The molecule has 1 aliphatic rings. The van der Waals surface area contributed by atoms with E-state index in [4.69, 9.17) is 5.11 Å². The first-order valence-electron chi connectivity index (χ1n) is 3.82. The summed E-state index contributed by atoms with van der Waals surface area (Å²) in [6.45, 7) is -0.00639. The standard InChI is InChI=1S/C8H10N2O/c11-5-7-3-9-4-8(10-7)6-1-2-6/h3-4,6,11H,1-2,5H2. The summed E-state index contributed by atoms with van der Waals surface area (Å²) in [5, 5.41) is 8.76. The quantitative estimate of drug-likeness (QED) is 0.679. The minimum atomic E-state index is -0.00639. The van der Waals surface area contributed by atoms with E-state index in [0.717, 1.165) is 5.69 Å². The van der Waals surface area contributed by atoms with Gasteiger partial charge in [-0.15, -0.1) is 0 Å². The molecule has 0 bridgehead atoms. The lowest BCUT2D eigenvalue weighted by Crippen LogP contribution is -1.95. The molecule has 1 aromatic rings. The van der Waals surface area contributed by atoms with Crippen LogP contribution >= 0.6 is 0 Å². The van der Waals surface area contributed by atoms with E-state index >= 15 is 0 Å². The Morgan fingerprint density at radius 3 is 2.91 bits per heavy atom. The Morgan fingerprint density at radius 1 is 1.45 bits per heavy atom. The minimum Gasteiger partial charge on any atom is -0.390 e. The molecule has 3 nitrogen and oxygen atoms in total. The second-order valence-electron chi connectivity index (χ2n) is 2.87. The Kier molecular flexibility index (Phi) is 1.58. The molecular formula is C8H10N2O. The van der Waals surface area contributed by atoms with Gasteiger partial charge in [0.15, 0.2) is 0 Å². The zero-order chi connectivity index (χ0) is 7.68. The van der Waals surface area contributed by atoms with Gasteiger partial charge in [0.1, 0.15) is 0 Å². The number of aliphatic hydroxyl groups excluding tert-OH is 1. The molecular weight excluding hydrogens is 140 g/mol. The van der Waals surface area contributed by atoms with E-state index in [9.17, 15) is 0 Å². The van der Waals surface area contributed by atoms with Crippen molar-refractivity contribution < 1.29 is 5.11 Å². The average molecular weight is 150 g/mol. The van der Waals surface area contributed by atoms with Crippen LogP contribution in [-0.2, 0) is 6.61 Å². The monoisotopic (exact) mass is 150 g/mol. The summed E-state index contributed by atoms with van der Waals surface area (Å²) in [5.41, 5.74) is 1.71. The normalized spacial score (nSPS) is 16.8. The van der Waals surface area contributed by atoms with Crippen molar-refractivity contribution in [3.8, 4) is 0 Å². The summed E-state index contributed by atoms with van der Waals surface area (Å²) in [4.78, 5) is 8.23. The fraction of sp³-hybridized carbons (Fsp3) is 0.500. The number of rotatable bonds is 2. The first-order chi connectivity index (χ1) is 5.40. The molecule has 0 unspecified atom stereocenters. The van der Waals surface area contributed by atoms with Gasteiger partial charge in [0.2, 0.25) is 0 Å². The van der Waals surface area contributed by atoms with Gasteiger partial charge in [-0.3, -0.25) is 9.97 Å². The molecule has 0 spiro atoms. The van der Waals surface area contributed by atoms with Gasteiger partial charge in [-0.1, -0.05) is 0 Å². The molecule has 11 heavy (non-hydrogen) atoms. The van der Waals surface area contributed by atoms with Crippen LogP contribution in [0.15, 0.2) is 12.4 Å². The van der Waals surface area contributed by atoms with Gasteiger partial charge in [0, 0.05) is 12.1 Å². The van der Waals surface area contributed by atoms with Crippen LogP contribution in [0.1, 0.15) is 30.1 Å². The van der Waals surface area contributed by atoms with Gasteiger partial charge >= 0.3 is 0 Å². The van der Waals surface area contributed by atoms with Crippen molar-refractivity contribution >= 4 is 0 Å². The van der Waals surface area contributed by atoms with Crippen LogP contribution < -0.4 is 0 Å². The molecule has 3 heteroatoms. The molecule has 0 atom stereocenters. The summed E-state index contributed by atoms with van der Waals surface area (Å²) >= 11 is 0. The van der Waals surface area contributed by atoms with Crippen LogP contribution in [-0.4, -0.2) is 15.1 Å². The molecule has 1 aromatic heterocycles. The third-order valence-electron chi connectivity index (χ3n) is 1.86. The predicted octanol–water partition coefficient (Wildman–Crippen LogP) is 0.846. The summed E-state index contributed by atoms with van der Waals surface area (Å²) in [5.74, 6) is 0.619. The van der Waals surface area contributed by atoms with Crippen molar-refractivity contribution in [2.24, 2.45) is 0 Å². The molecule has 1 saturated carbocycles. The molecule has 0 amide bonds. The summed E-state index contributed by atoms with van der Waals surface area (Å²) in [7, 11) is 0. The maximum atomic E-state index is 8.76. The van der Waals surface area contributed by atoms with E-state index in [2.05, 4.69) is 9.97 Å². The topological polar surface area (TPSA) is 46.0 Å². The van der Waals surface area contributed by atoms with Gasteiger partial charge in [-0.25, -0.2) is 0 Å². The average Bonchev–Trinajstić information content (AvgIpc) is 2.87. The molecule has 0 saturated heterocycles. The van der Waals surface area contributed by atoms with Gasteiger partial charge in [0.05, 0.1) is 24.2 Å². The third-order valence-corrected chi connectivity index (χ3v) is 1.86. The highest BCUT2D eigenvalue weighted by atomic mass is 16.3. The first kappa shape index (κ1) is 6.73. The Balaban J connectivity index is 2.26. The Labute approximate surface area is 65.1 Å². The van der Waals surface area contributed by atoms with Crippen LogP contribution in [0.2, 0.25) is 0 Å². The van der Waals surface area contributed by atoms with E-state index in [1.807, 2.05) is 0 Å². The predicted molar refractivity (Wildman–Crippen MR) is 39.9 cm³/mol. The van der Waals surface area contributed by atoms with Gasteiger partial charge < -0.3 is 5.11 Å². The summed E-state index contributed by atoms with van der Waals surface area (Å²) in [6, 6.07) is 0. The van der Waals surface area contributed by atoms with E-state index in [1.54, 1.807) is 12.4 Å². The number of hydrogen-bond donors (Lipinski definition) is 1. The van der Waals surface area contributed by atoms with Crippen LogP contribution in [0, 0.1) is 0 Å². The van der Waals surface area contributed by atoms with Crippen molar-refractivity contribution in [2.45, 2.75) is 25.4 Å². The Hall–Kier alpha value is -0.960. The number of aliphatic hydroxyl groups is 1. The van der Waals surface area contributed by atoms with Crippen molar-refractivity contribution in [1.82, 2.24) is 9.97 Å². The molecule has 0 aromatic carbocycles. The zero-order valence-electron chi connectivity index (χ0n) is 6.20. The van der Waals surface area contributed by atoms with E-state index in [-0.39, 0.29) is 6.61 Å². The number of nitrogens with zero attached hydrogens (tertiary/aromatic N) is 2. The van der Waals surface area contributed by atoms with Crippen LogP contribution in [0.25, 0.3) is 0 Å². The highest BCUT2D eigenvalue weighted by Crippen LogP contribution is 2.38. The lowest BCUT2D eigenvalue weighted by molar-refractivity contribution is 0.276.